The number of rotatable bonds is 6. The van der Waals surface area contributed by atoms with E-state index >= 15 is 0 Å². The van der Waals surface area contributed by atoms with Gasteiger partial charge in [0.05, 0.1) is 33.1 Å². The molecule has 0 saturated carbocycles. The second kappa shape index (κ2) is 8.85. The van der Waals surface area contributed by atoms with Gasteiger partial charge in [-0.15, -0.1) is 0 Å². The van der Waals surface area contributed by atoms with Gasteiger partial charge in [0.2, 0.25) is 5.91 Å². The van der Waals surface area contributed by atoms with E-state index in [0.717, 1.165) is 23.5 Å². The number of anilines is 2. The molecule has 1 unspecified atom stereocenters. The maximum absolute atomic E-state index is 13.2. The summed E-state index contributed by atoms with van der Waals surface area (Å²) in [5, 5.41) is 6.24. The Morgan fingerprint density at radius 3 is 2.52 bits per heavy atom. The molecular weight excluding hydrogens is 398 g/mol. The molecule has 1 atom stereocenters. The molecule has 164 valence electrons. The van der Waals surface area contributed by atoms with Crippen molar-refractivity contribution in [2.75, 3.05) is 51.2 Å². The van der Waals surface area contributed by atoms with Crippen LogP contribution in [0.3, 0.4) is 0 Å². The van der Waals surface area contributed by atoms with Gasteiger partial charge in [0.15, 0.2) is 17.3 Å². The SMILES string of the molecule is COc1ccc(C(=O)C2CN(c3cc4c(c(OC)c3)NC(=O)CC4)CCN2)cc1OC. The Hall–Kier alpha value is -3.26. The number of piperazine rings is 1. The molecule has 8 nitrogen and oxygen atoms in total. The Morgan fingerprint density at radius 1 is 1.00 bits per heavy atom. The van der Waals surface area contributed by atoms with Crippen molar-refractivity contribution in [3.8, 4) is 17.2 Å². The highest BCUT2D eigenvalue weighted by molar-refractivity contribution is 6.01. The van der Waals surface area contributed by atoms with Gasteiger partial charge in [0, 0.05) is 43.4 Å². The molecule has 0 radical (unpaired) electrons. The number of Topliss-reactive ketones (excluding diaryl/α,β-unsaturated/α-hetero) is 1. The average Bonchev–Trinajstić information content (AvgIpc) is 2.82. The number of carbonyl (C=O) groups is 2. The van der Waals surface area contributed by atoms with Crippen LogP contribution in [0.15, 0.2) is 30.3 Å². The zero-order valence-corrected chi connectivity index (χ0v) is 18.0. The highest BCUT2D eigenvalue weighted by atomic mass is 16.5. The van der Waals surface area contributed by atoms with Crippen LogP contribution in [0.1, 0.15) is 22.3 Å². The molecule has 2 heterocycles. The fourth-order valence-corrected chi connectivity index (χ4v) is 4.14. The Labute approximate surface area is 181 Å². The molecule has 2 aliphatic rings. The summed E-state index contributed by atoms with van der Waals surface area (Å²) in [5.41, 5.74) is 3.35. The van der Waals surface area contributed by atoms with Crippen LogP contribution in [-0.4, -0.2) is 58.7 Å². The summed E-state index contributed by atoms with van der Waals surface area (Å²) in [6.07, 6.45) is 1.13. The summed E-state index contributed by atoms with van der Waals surface area (Å²) in [5.74, 6) is 1.76. The van der Waals surface area contributed by atoms with E-state index in [9.17, 15) is 9.59 Å². The molecular formula is C23H27N3O5. The smallest absolute Gasteiger partial charge is 0.224 e. The lowest BCUT2D eigenvalue weighted by Crippen LogP contribution is -2.54. The molecule has 1 amide bonds. The lowest BCUT2D eigenvalue weighted by molar-refractivity contribution is -0.116. The third kappa shape index (κ3) is 4.16. The molecule has 0 aliphatic carbocycles. The highest BCUT2D eigenvalue weighted by Crippen LogP contribution is 2.37. The van der Waals surface area contributed by atoms with Gasteiger partial charge in [-0.3, -0.25) is 9.59 Å². The predicted octanol–water partition coefficient (Wildman–Crippen LogP) is 2.26. The van der Waals surface area contributed by atoms with Crippen molar-refractivity contribution in [2.45, 2.75) is 18.9 Å². The average molecular weight is 425 g/mol. The quantitative estimate of drug-likeness (QED) is 0.687. The van der Waals surface area contributed by atoms with E-state index in [1.54, 1.807) is 39.5 Å². The van der Waals surface area contributed by atoms with Crippen LogP contribution in [0.4, 0.5) is 11.4 Å². The fraction of sp³-hybridized carbons (Fsp3) is 0.391. The molecule has 0 spiro atoms. The molecule has 8 heteroatoms. The first-order valence-electron chi connectivity index (χ1n) is 10.3. The third-order valence-corrected chi connectivity index (χ3v) is 5.80. The number of hydrogen-bond donors (Lipinski definition) is 2. The van der Waals surface area contributed by atoms with Crippen molar-refractivity contribution in [1.29, 1.82) is 0 Å². The zero-order chi connectivity index (χ0) is 22.0. The van der Waals surface area contributed by atoms with Gasteiger partial charge >= 0.3 is 0 Å². The lowest BCUT2D eigenvalue weighted by Gasteiger charge is -2.35. The predicted molar refractivity (Wildman–Crippen MR) is 118 cm³/mol. The maximum atomic E-state index is 13.2. The number of hydrogen-bond acceptors (Lipinski definition) is 7. The van der Waals surface area contributed by atoms with Crippen LogP contribution in [-0.2, 0) is 11.2 Å². The summed E-state index contributed by atoms with van der Waals surface area (Å²) >= 11 is 0. The highest BCUT2D eigenvalue weighted by Gasteiger charge is 2.28. The van der Waals surface area contributed by atoms with Crippen molar-refractivity contribution in [1.82, 2.24) is 5.32 Å². The molecule has 31 heavy (non-hydrogen) atoms. The van der Waals surface area contributed by atoms with Gasteiger partial charge in [-0.1, -0.05) is 0 Å². The van der Waals surface area contributed by atoms with E-state index in [1.807, 2.05) is 6.07 Å². The first-order valence-corrected chi connectivity index (χ1v) is 10.3. The number of aryl methyl sites for hydroxylation is 1. The van der Waals surface area contributed by atoms with E-state index < -0.39 is 0 Å². The van der Waals surface area contributed by atoms with Gasteiger partial charge in [-0.05, 0) is 36.2 Å². The number of amides is 1. The van der Waals surface area contributed by atoms with Crippen LogP contribution in [0, 0.1) is 0 Å². The largest absolute Gasteiger partial charge is 0.494 e. The lowest BCUT2D eigenvalue weighted by atomic mass is 9.99. The standard InChI is InChI=1S/C23H27N3O5/c1-29-18-6-4-15(11-19(18)30-2)23(28)17-13-26(9-8-24-17)16-10-14-5-7-21(27)25-22(14)20(12-16)31-3/h4,6,10-12,17,24H,5,7-9,13H2,1-3H3,(H,25,27). The van der Waals surface area contributed by atoms with E-state index in [2.05, 4.69) is 21.6 Å². The molecule has 1 saturated heterocycles. The van der Waals surface area contributed by atoms with Crippen molar-refractivity contribution in [2.24, 2.45) is 0 Å². The Morgan fingerprint density at radius 2 is 1.77 bits per heavy atom. The van der Waals surface area contributed by atoms with Crippen molar-refractivity contribution in [3.63, 3.8) is 0 Å². The first-order chi connectivity index (χ1) is 15.0. The molecule has 2 aromatic rings. The van der Waals surface area contributed by atoms with Crippen LogP contribution in [0.5, 0.6) is 17.2 Å². The normalized spacial score (nSPS) is 18.1. The minimum atomic E-state index is -0.353. The number of benzene rings is 2. The Balaban J connectivity index is 1.56. The minimum absolute atomic E-state index is 0.00121. The number of methoxy groups -OCH3 is 3. The molecule has 2 aromatic carbocycles. The van der Waals surface area contributed by atoms with Crippen LogP contribution >= 0.6 is 0 Å². The van der Waals surface area contributed by atoms with Gasteiger partial charge in [0.1, 0.15) is 5.75 Å². The van der Waals surface area contributed by atoms with Gasteiger partial charge < -0.3 is 29.7 Å². The summed E-state index contributed by atoms with van der Waals surface area (Å²) in [6, 6.07) is 8.87. The Bertz CT molecular complexity index is 990. The van der Waals surface area contributed by atoms with Crippen LogP contribution in [0.2, 0.25) is 0 Å². The number of nitrogens with zero attached hydrogens (tertiary/aromatic N) is 1. The van der Waals surface area contributed by atoms with E-state index in [1.165, 1.54) is 0 Å². The Kier molecular flexibility index (Phi) is 5.99. The van der Waals surface area contributed by atoms with Gasteiger partial charge in [0.25, 0.3) is 0 Å². The summed E-state index contributed by atoms with van der Waals surface area (Å²) in [4.78, 5) is 27.1. The first kappa shape index (κ1) is 21.0. The second-order valence-corrected chi connectivity index (χ2v) is 7.62. The third-order valence-electron chi connectivity index (χ3n) is 5.80. The number of ketones is 1. The molecule has 0 bridgehead atoms. The number of carbonyl (C=O) groups excluding carboxylic acids is 2. The van der Waals surface area contributed by atoms with Crippen molar-refractivity contribution >= 4 is 23.1 Å². The summed E-state index contributed by atoms with van der Waals surface area (Å²) in [7, 11) is 4.72. The van der Waals surface area contributed by atoms with E-state index in [4.69, 9.17) is 14.2 Å². The molecule has 0 aromatic heterocycles. The maximum Gasteiger partial charge on any atom is 0.224 e. The number of fused-ring (bicyclic) bond motifs is 1. The van der Waals surface area contributed by atoms with E-state index in [-0.39, 0.29) is 17.7 Å². The summed E-state index contributed by atoms with van der Waals surface area (Å²) < 4.78 is 16.1. The van der Waals surface area contributed by atoms with Gasteiger partial charge in [-0.2, -0.15) is 0 Å². The summed E-state index contributed by atoms with van der Waals surface area (Å²) in [6.45, 7) is 1.98. The second-order valence-electron chi connectivity index (χ2n) is 7.62. The molecule has 2 N–H and O–H groups in total. The molecule has 1 fully saturated rings. The number of nitrogens with one attached hydrogen (secondary N) is 2. The monoisotopic (exact) mass is 425 g/mol. The minimum Gasteiger partial charge on any atom is -0.494 e. The van der Waals surface area contributed by atoms with E-state index in [0.29, 0.717) is 48.7 Å². The zero-order valence-electron chi connectivity index (χ0n) is 18.0. The van der Waals surface area contributed by atoms with Crippen molar-refractivity contribution in [3.05, 3.63) is 41.5 Å². The topological polar surface area (TPSA) is 89.1 Å². The molecule has 4 rings (SSSR count). The van der Waals surface area contributed by atoms with Crippen LogP contribution in [0.25, 0.3) is 0 Å². The van der Waals surface area contributed by atoms with Crippen LogP contribution < -0.4 is 29.7 Å². The number of ether oxygens (including phenoxy) is 3. The molecule has 2 aliphatic heterocycles. The fourth-order valence-electron chi connectivity index (χ4n) is 4.14. The van der Waals surface area contributed by atoms with Crippen molar-refractivity contribution < 1.29 is 23.8 Å². The van der Waals surface area contributed by atoms with Gasteiger partial charge in [-0.25, -0.2) is 0 Å².